The van der Waals surface area contributed by atoms with Gasteiger partial charge in [-0.25, -0.2) is 0 Å². The van der Waals surface area contributed by atoms with Crippen LogP contribution in [0.1, 0.15) is 45.6 Å². The Balaban J connectivity index is 0.00000400. The minimum atomic E-state index is -0.429. The first-order valence-corrected chi connectivity index (χ1v) is 7.40. The normalized spacial score (nSPS) is 15.0. The molecule has 1 rings (SSSR count). The van der Waals surface area contributed by atoms with Crippen LogP contribution in [0.2, 0.25) is 0 Å². The van der Waals surface area contributed by atoms with Crippen LogP contribution in [0.4, 0.5) is 0 Å². The monoisotopic (exact) mass is 313 g/mol. The van der Waals surface area contributed by atoms with E-state index in [9.17, 15) is 4.79 Å². The SMILES string of the molecule is CCC(C)C(N)C(=O)NCC(c1cccnc1)C(C)C.Cl. The molecular weight excluding hydrogens is 286 g/mol. The van der Waals surface area contributed by atoms with Crippen molar-refractivity contribution in [2.24, 2.45) is 17.6 Å². The second-order valence-electron chi connectivity index (χ2n) is 5.79. The third-order valence-electron chi connectivity index (χ3n) is 3.97. The molecule has 4 nitrogen and oxygen atoms in total. The number of pyridine rings is 1. The Hall–Kier alpha value is -1.13. The molecule has 21 heavy (non-hydrogen) atoms. The number of carbonyl (C=O) groups is 1. The molecule has 0 aliphatic carbocycles. The van der Waals surface area contributed by atoms with E-state index in [2.05, 4.69) is 30.2 Å². The van der Waals surface area contributed by atoms with Crippen LogP contribution >= 0.6 is 12.4 Å². The van der Waals surface area contributed by atoms with Crippen LogP contribution in [-0.2, 0) is 4.79 Å². The van der Waals surface area contributed by atoms with Crippen LogP contribution in [-0.4, -0.2) is 23.5 Å². The Labute approximate surface area is 134 Å². The molecule has 5 heteroatoms. The summed E-state index contributed by atoms with van der Waals surface area (Å²) >= 11 is 0. The lowest BCUT2D eigenvalue weighted by Crippen LogP contribution is -2.46. The smallest absolute Gasteiger partial charge is 0.237 e. The molecule has 120 valence electrons. The first-order chi connectivity index (χ1) is 9.47. The lowest BCUT2D eigenvalue weighted by Gasteiger charge is -2.24. The van der Waals surface area contributed by atoms with Crippen molar-refractivity contribution in [1.29, 1.82) is 0 Å². The minimum absolute atomic E-state index is 0. The van der Waals surface area contributed by atoms with Gasteiger partial charge < -0.3 is 11.1 Å². The van der Waals surface area contributed by atoms with Crippen molar-refractivity contribution in [3.8, 4) is 0 Å². The third-order valence-corrected chi connectivity index (χ3v) is 3.97. The molecule has 0 radical (unpaired) electrons. The zero-order valence-electron chi connectivity index (χ0n) is 13.4. The second-order valence-corrected chi connectivity index (χ2v) is 5.79. The lowest BCUT2D eigenvalue weighted by atomic mass is 9.89. The van der Waals surface area contributed by atoms with Gasteiger partial charge in [-0.3, -0.25) is 9.78 Å². The van der Waals surface area contributed by atoms with Crippen LogP contribution in [0.3, 0.4) is 0 Å². The molecule has 0 spiro atoms. The van der Waals surface area contributed by atoms with Crippen molar-refractivity contribution in [3.05, 3.63) is 30.1 Å². The Bertz CT molecular complexity index is 411. The van der Waals surface area contributed by atoms with Crippen molar-refractivity contribution < 1.29 is 4.79 Å². The number of hydrogen-bond acceptors (Lipinski definition) is 3. The predicted octanol–water partition coefficient (Wildman–Crippen LogP) is 2.73. The summed E-state index contributed by atoms with van der Waals surface area (Å²) in [7, 11) is 0. The van der Waals surface area contributed by atoms with Crippen LogP contribution in [0.15, 0.2) is 24.5 Å². The van der Waals surface area contributed by atoms with Gasteiger partial charge in [0.1, 0.15) is 0 Å². The van der Waals surface area contributed by atoms with E-state index in [1.54, 1.807) is 6.20 Å². The van der Waals surface area contributed by atoms with Crippen molar-refractivity contribution in [3.63, 3.8) is 0 Å². The third kappa shape index (κ3) is 6.02. The van der Waals surface area contributed by atoms with Crippen molar-refractivity contribution in [2.45, 2.75) is 46.1 Å². The van der Waals surface area contributed by atoms with E-state index in [-0.39, 0.29) is 30.2 Å². The Morgan fingerprint density at radius 1 is 1.38 bits per heavy atom. The molecule has 1 aromatic rings. The fourth-order valence-electron chi connectivity index (χ4n) is 2.17. The molecule has 0 aliphatic rings. The number of aromatic nitrogens is 1. The lowest BCUT2D eigenvalue weighted by molar-refractivity contribution is -0.123. The average molecular weight is 314 g/mol. The summed E-state index contributed by atoms with van der Waals surface area (Å²) in [4.78, 5) is 16.2. The van der Waals surface area contributed by atoms with Gasteiger partial charge in [-0.2, -0.15) is 0 Å². The fraction of sp³-hybridized carbons (Fsp3) is 0.625. The van der Waals surface area contributed by atoms with Crippen LogP contribution in [0.25, 0.3) is 0 Å². The largest absolute Gasteiger partial charge is 0.354 e. The highest BCUT2D eigenvalue weighted by molar-refractivity contribution is 5.85. The van der Waals surface area contributed by atoms with E-state index < -0.39 is 6.04 Å². The average Bonchev–Trinajstić information content (AvgIpc) is 2.46. The van der Waals surface area contributed by atoms with E-state index in [1.165, 1.54) is 0 Å². The molecule has 3 N–H and O–H groups in total. The minimum Gasteiger partial charge on any atom is -0.354 e. The molecule has 1 amide bonds. The number of nitrogens with two attached hydrogens (primary N) is 1. The van der Waals surface area contributed by atoms with Gasteiger partial charge in [0, 0.05) is 24.9 Å². The Morgan fingerprint density at radius 3 is 2.52 bits per heavy atom. The van der Waals surface area contributed by atoms with Crippen LogP contribution < -0.4 is 11.1 Å². The molecule has 1 aromatic heterocycles. The molecule has 0 saturated carbocycles. The van der Waals surface area contributed by atoms with Gasteiger partial charge in [0.15, 0.2) is 0 Å². The highest BCUT2D eigenvalue weighted by atomic mass is 35.5. The van der Waals surface area contributed by atoms with Gasteiger partial charge >= 0.3 is 0 Å². The predicted molar refractivity (Wildman–Crippen MR) is 89.5 cm³/mol. The fourth-order valence-corrected chi connectivity index (χ4v) is 2.17. The maximum Gasteiger partial charge on any atom is 0.237 e. The van der Waals surface area contributed by atoms with E-state index in [0.717, 1.165) is 12.0 Å². The molecule has 0 aliphatic heterocycles. The number of rotatable bonds is 7. The van der Waals surface area contributed by atoms with Gasteiger partial charge in [0.05, 0.1) is 6.04 Å². The van der Waals surface area contributed by atoms with Gasteiger partial charge in [-0.05, 0) is 23.5 Å². The van der Waals surface area contributed by atoms with Gasteiger partial charge in [0.25, 0.3) is 0 Å². The summed E-state index contributed by atoms with van der Waals surface area (Å²) in [5.41, 5.74) is 7.10. The number of halogens is 1. The summed E-state index contributed by atoms with van der Waals surface area (Å²) in [6.45, 7) is 8.96. The zero-order valence-corrected chi connectivity index (χ0v) is 14.2. The summed E-state index contributed by atoms with van der Waals surface area (Å²) < 4.78 is 0. The quantitative estimate of drug-likeness (QED) is 0.813. The number of carbonyl (C=O) groups excluding carboxylic acids is 1. The van der Waals surface area contributed by atoms with Crippen molar-refractivity contribution >= 4 is 18.3 Å². The first kappa shape index (κ1) is 19.9. The zero-order chi connectivity index (χ0) is 15.1. The van der Waals surface area contributed by atoms with E-state index in [1.807, 2.05) is 26.1 Å². The number of nitrogens with zero attached hydrogens (tertiary/aromatic N) is 1. The Kier molecular flexibility index (Phi) is 9.22. The van der Waals surface area contributed by atoms with E-state index >= 15 is 0 Å². The standard InChI is InChI=1S/C16H27N3O.ClH/c1-5-12(4)15(17)16(20)19-10-14(11(2)3)13-7-6-8-18-9-13;/h6-9,11-12,14-15H,5,10,17H2,1-4H3,(H,19,20);1H. The van der Waals surface area contributed by atoms with Gasteiger partial charge in [0.2, 0.25) is 5.91 Å². The number of amides is 1. The van der Waals surface area contributed by atoms with Crippen LogP contribution in [0, 0.1) is 11.8 Å². The maximum atomic E-state index is 12.1. The molecule has 3 atom stereocenters. The summed E-state index contributed by atoms with van der Waals surface area (Å²) in [6.07, 6.45) is 4.54. The molecule has 0 fully saturated rings. The molecule has 0 saturated heterocycles. The maximum absolute atomic E-state index is 12.1. The molecular formula is C16H28ClN3O. The molecule has 1 heterocycles. The molecule has 0 aromatic carbocycles. The number of nitrogens with one attached hydrogen (secondary N) is 1. The van der Waals surface area contributed by atoms with Crippen LogP contribution in [0.5, 0.6) is 0 Å². The van der Waals surface area contributed by atoms with E-state index in [4.69, 9.17) is 5.73 Å². The highest BCUT2D eigenvalue weighted by Crippen LogP contribution is 2.22. The summed E-state index contributed by atoms with van der Waals surface area (Å²) in [5.74, 6) is 0.830. The van der Waals surface area contributed by atoms with Gasteiger partial charge in [-0.1, -0.05) is 40.2 Å². The topological polar surface area (TPSA) is 68.0 Å². The van der Waals surface area contributed by atoms with Gasteiger partial charge in [-0.15, -0.1) is 12.4 Å². The van der Waals surface area contributed by atoms with Crippen molar-refractivity contribution in [1.82, 2.24) is 10.3 Å². The summed E-state index contributed by atoms with van der Waals surface area (Å²) in [6, 6.07) is 3.55. The van der Waals surface area contributed by atoms with E-state index in [0.29, 0.717) is 12.5 Å². The summed E-state index contributed by atoms with van der Waals surface area (Å²) in [5, 5.41) is 2.99. The second kappa shape index (κ2) is 9.74. The first-order valence-electron chi connectivity index (χ1n) is 7.40. The van der Waals surface area contributed by atoms with Crippen molar-refractivity contribution in [2.75, 3.05) is 6.54 Å². The number of hydrogen-bond donors (Lipinski definition) is 2. The molecule has 0 bridgehead atoms. The molecule has 3 unspecified atom stereocenters. The highest BCUT2D eigenvalue weighted by Gasteiger charge is 2.22. The Morgan fingerprint density at radius 2 is 2.05 bits per heavy atom.